The molecule has 0 spiro atoms. The summed E-state index contributed by atoms with van der Waals surface area (Å²) < 4.78 is 21.4. The lowest BCUT2D eigenvalue weighted by atomic mass is 10.5. The first kappa shape index (κ1) is 12.9. The van der Waals surface area contributed by atoms with Crippen LogP contribution in [0.25, 0.3) is 0 Å². The van der Waals surface area contributed by atoms with E-state index < -0.39 is 9.84 Å². The molecule has 0 heterocycles. The van der Waals surface area contributed by atoms with Crippen LogP contribution in [0.15, 0.2) is 0 Å². The molecule has 0 aliphatic heterocycles. The van der Waals surface area contributed by atoms with Gasteiger partial charge in [0.05, 0.1) is 5.75 Å². The number of hydrogen-bond donors (Lipinski definition) is 2. The van der Waals surface area contributed by atoms with Crippen LogP contribution in [-0.4, -0.2) is 46.6 Å². The molecule has 4 nitrogen and oxygen atoms in total. The molecule has 0 fully saturated rings. The SMILES string of the molecule is CCCNCCNCCS(C)(=O)=O. The third-order valence-electron chi connectivity index (χ3n) is 1.55. The Kier molecular flexibility index (Phi) is 7.22. The van der Waals surface area contributed by atoms with Gasteiger partial charge in [-0.05, 0) is 13.0 Å². The normalized spacial score (nSPS) is 11.8. The van der Waals surface area contributed by atoms with Crippen molar-refractivity contribution in [2.24, 2.45) is 0 Å². The fraction of sp³-hybridized carbons (Fsp3) is 1.00. The molecule has 0 aliphatic rings. The van der Waals surface area contributed by atoms with E-state index in [1.54, 1.807) is 0 Å². The third kappa shape index (κ3) is 11.9. The largest absolute Gasteiger partial charge is 0.315 e. The van der Waals surface area contributed by atoms with Crippen LogP contribution < -0.4 is 10.6 Å². The van der Waals surface area contributed by atoms with Gasteiger partial charge in [0.15, 0.2) is 0 Å². The van der Waals surface area contributed by atoms with Crippen molar-refractivity contribution >= 4 is 9.84 Å². The van der Waals surface area contributed by atoms with Gasteiger partial charge in [-0.25, -0.2) is 8.42 Å². The molecule has 0 aromatic rings. The zero-order valence-corrected chi connectivity index (χ0v) is 9.28. The van der Waals surface area contributed by atoms with Gasteiger partial charge in [0.1, 0.15) is 9.84 Å². The molecular formula is C8H20N2O2S. The summed E-state index contributed by atoms with van der Waals surface area (Å²) in [6.45, 7) is 5.41. The van der Waals surface area contributed by atoms with Gasteiger partial charge in [0.25, 0.3) is 0 Å². The van der Waals surface area contributed by atoms with Crippen LogP contribution in [0.1, 0.15) is 13.3 Å². The molecule has 0 saturated carbocycles. The van der Waals surface area contributed by atoms with Gasteiger partial charge in [-0.15, -0.1) is 0 Å². The Morgan fingerprint density at radius 3 is 2.00 bits per heavy atom. The first-order valence-electron chi connectivity index (χ1n) is 4.65. The fourth-order valence-electron chi connectivity index (χ4n) is 0.861. The van der Waals surface area contributed by atoms with Crippen LogP contribution in [0, 0.1) is 0 Å². The molecule has 0 atom stereocenters. The van der Waals surface area contributed by atoms with Crippen molar-refractivity contribution in [2.75, 3.05) is 38.2 Å². The summed E-state index contributed by atoms with van der Waals surface area (Å²) in [6, 6.07) is 0. The van der Waals surface area contributed by atoms with Crippen molar-refractivity contribution < 1.29 is 8.42 Å². The summed E-state index contributed by atoms with van der Waals surface area (Å²) in [5, 5.41) is 6.28. The van der Waals surface area contributed by atoms with Crippen molar-refractivity contribution in [1.82, 2.24) is 10.6 Å². The number of rotatable bonds is 8. The predicted molar refractivity (Wildman–Crippen MR) is 55.7 cm³/mol. The Morgan fingerprint density at radius 2 is 1.54 bits per heavy atom. The third-order valence-corrected chi connectivity index (χ3v) is 2.50. The molecule has 0 bridgehead atoms. The monoisotopic (exact) mass is 208 g/mol. The lowest BCUT2D eigenvalue weighted by Crippen LogP contribution is -2.30. The van der Waals surface area contributed by atoms with E-state index in [1.807, 2.05) is 0 Å². The second kappa shape index (κ2) is 7.29. The Bertz CT molecular complexity index is 202. The first-order chi connectivity index (χ1) is 6.06. The molecular weight excluding hydrogens is 188 g/mol. The molecule has 0 rings (SSSR count). The van der Waals surface area contributed by atoms with E-state index in [0.717, 1.165) is 26.1 Å². The maximum absolute atomic E-state index is 10.7. The van der Waals surface area contributed by atoms with Gasteiger partial charge in [-0.1, -0.05) is 6.92 Å². The smallest absolute Gasteiger partial charge is 0.148 e. The summed E-state index contributed by atoms with van der Waals surface area (Å²) in [6.07, 6.45) is 2.38. The van der Waals surface area contributed by atoms with Gasteiger partial charge in [0.2, 0.25) is 0 Å². The minimum Gasteiger partial charge on any atom is -0.315 e. The van der Waals surface area contributed by atoms with Gasteiger partial charge in [0, 0.05) is 25.9 Å². The van der Waals surface area contributed by atoms with Crippen molar-refractivity contribution in [3.8, 4) is 0 Å². The Morgan fingerprint density at radius 1 is 1.00 bits per heavy atom. The molecule has 5 heteroatoms. The highest BCUT2D eigenvalue weighted by molar-refractivity contribution is 7.90. The predicted octanol–water partition coefficient (Wildman–Crippen LogP) is -0.380. The van der Waals surface area contributed by atoms with Crippen molar-refractivity contribution in [3.05, 3.63) is 0 Å². The minimum absolute atomic E-state index is 0.223. The second-order valence-electron chi connectivity index (χ2n) is 3.13. The van der Waals surface area contributed by atoms with E-state index in [9.17, 15) is 8.42 Å². The van der Waals surface area contributed by atoms with E-state index in [0.29, 0.717) is 6.54 Å². The lowest BCUT2D eigenvalue weighted by molar-refractivity contribution is 0.590. The standard InChI is InChI=1S/C8H20N2O2S/c1-3-4-9-5-6-10-7-8-13(2,11)12/h9-10H,3-8H2,1-2H3. The summed E-state index contributed by atoms with van der Waals surface area (Å²) in [7, 11) is -2.80. The zero-order chi connectivity index (χ0) is 10.2. The van der Waals surface area contributed by atoms with Crippen LogP contribution in [0.3, 0.4) is 0 Å². The average Bonchev–Trinajstić information content (AvgIpc) is 2.01. The Labute approximate surface area is 81.0 Å². The topological polar surface area (TPSA) is 58.2 Å². The maximum atomic E-state index is 10.7. The fourth-order valence-corrected chi connectivity index (χ4v) is 1.38. The molecule has 2 N–H and O–H groups in total. The highest BCUT2D eigenvalue weighted by Gasteiger charge is 1.99. The van der Waals surface area contributed by atoms with E-state index in [4.69, 9.17) is 0 Å². The van der Waals surface area contributed by atoms with Crippen LogP contribution in [0.5, 0.6) is 0 Å². The summed E-state index contributed by atoms with van der Waals surface area (Å²) in [5.74, 6) is 0.223. The second-order valence-corrected chi connectivity index (χ2v) is 5.39. The van der Waals surface area contributed by atoms with Gasteiger partial charge >= 0.3 is 0 Å². The van der Waals surface area contributed by atoms with Crippen LogP contribution in [0.4, 0.5) is 0 Å². The number of sulfone groups is 1. The molecule has 0 aromatic carbocycles. The minimum atomic E-state index is -2.80. The van der Waals surface area contributed by atoms with Crippen LogP contribution in [-0.2, 0) is 9.84 Å². The molecule has 0 aromatic heterocycles. The van der Waals surface area contributed by atoms with Crippen LogP contribution >= 0.6 is 0 Å². The Balaban J connectivity index is 3.09. The number of hydrogen-bond acceptors (Lipinski definition) is 4. The van der Waals surface area contributed by atoms with Gasteiger partial charge in [-0.2, -0.15) is 0 Å². The van der Waals surface area contributed by atoms with Crippen LogP contribution in [0.2, 0.25) is 0 Å². The molecule has 0 unspecified atom stereocenters. The summed E-state index contributed by atoms with van der Waals surface area (Å²) >= 11 is 0. The summed E-state index contributed by atoms with van der Waals surface area (Å²) in [4.78, 5) is 0. The molecule has 0 radical (unpaired) electrons. The Hall–Kier alpha value is -0.130. The lowest BCUT2D eigenvalue weighted by Gasteiger charge is -2.04. The highest BCUT2D eigenvalue weighted by Crippen LogP contribution is 1.78. The summed E-state index contributed by atoms with van der Waals surface area (Å²) in [5.41, 5.74) is 0. The average molecular weight is 208 g/mol. The number of nitrogens with one attached hydrogen (secondary N) is 2. The molecule has 0 amide bonds. The molecule has 13 heavy (non-hydrogen) atoms. The van der Waals surface area contributed by atoms with E-state index >= 15 is 0 Å². The highest BCUT2D eigenvalue weighted by atomic mass is 32.2. The quantitative estimate of drug-likeness (QED) is 0.534. The van der Waals surface area contributed by atoms with Crippen molar-refractivity contribution in [1.29, 1.82) is 0 Å². The van der Waals surface area contributed by atoms with Gasteiger partial charge in [-0.3, -0.25) is 0 Å². The molecule has 0 saturated heterocycles. The van der Waals surface area contributed by atoms with E-state index in [1.165, 1.54) is 6.26 Å². The van der Waals surface area contributed by atoms with Gasteiger partial charge < -0.3 is 10.6 Å². The van der Waals surface area contributed by atoms with Crippen molar-refractivity contribution in [3.63, 3.8) is 0 Å². The zero-order valence-electron chi connectivity index (χ0n) is 8.47. The molecule has 80 valence electrons. The maximum Gasteiger partial charge on any atom is 0.148 e. The van der Waals surface area contributed by atoms with E-state index in [-0.39, 0.29) is 5.75 Å². The molecule has 0 aliphatic carbocycles. The van der Waals surface area contributed by atoms with Crippen molar-refractivity contribution in [2.45, 2.75) is 13.3 Å². The first-order valence-corrected chi connectivity index (χ1v) is 6.71. The van der Waals surface area contributed by atoms with E-state index in [2.05, 4.69) is 17.6 Å².